The van der Waals surface area contributed by atoms with Crippen LogP contribution in [0.25, 0.3) is 0 Å². The molecular weight excluding hydrogens is 227 g/mol. The van der Waals surface area contributed by atoms with Gasteiger partial charge in [-0.1, -0.05) is 12.1 Å². The summed E-state index contributed by atoms with van der Waals surface area (Å²) >= 11 is 0. The molecule has 4 nitrogen and oxygen atoms in total. The van der Waals surface area contributed by atoms with Crippen LogP contribution >= 0.6 is 7.60 Å². The number of ether oxygens (including phenoxy) is 1. The fourth-order valence-electron chi connectivity index (χ4n) is 2.04. The van der Waals surface area contributed by atoms with Crippen LogP contribution in [0.4, 0.5) is 0 Å². The number of hydrogen-bond acceptors (Lipinski definition) is 2. The van der Waals surface area contributed by atoms with E-state index in [1.165, 1.54) is 12.0 Å². The zero-order chi connectivity index (χ0) is 11.6. The monoisotopic (exact) mass is 242 g/mol. The van der Waals surface area contributed by atoms with Crippen LogP contribution in [0, 0.1) is 0 Å². The molecule has 0 radical (unpaired) electrons. The summed E-state index contributed by atoms with van der Waals surface area (Å²) in [5.74, 6) is 0.625. The first-order chi connectivity index (χ1) is 7.56. The van der Waals surface area contributed by atoms with Crippen molar-refractivity contribution in [1.29, 1.82) is 0 Å². The second-order valence-corrected chi connectivity index (χ2v) is 5.63. The molecular formula is C11H15O4P. The first kappa shape index (κ1) is 11.6. The van der Waals surface area contributed by atoms with Crippen molar-refractivity contribution in [3.05, 3.63) is 29.3 Å². The molecule has 88 valence electrons. The Balaban J connectivity index is 2.18. The number of hydrogen-bond donors (Lipinski definition) is 2. The van der Waals surface area contributed by atoms with E-state index in [1.54, 1.807) is 6.07 Å². The molecule has 0 saturated heterocycles. The lowest BCUT2D eigenvalue weighted by atomic mass is 9.91. The Labute approximate surface area is 94.4 Å². The van der Waals surface area contributed by atoms with Crippen molar-refractivity contribution in [2.45, 2.75) is 25.7 Å². The molecule has 0 bridgehead atoms. The third kappa shape index (κ3) is 2.85. The van der Waals surface area contributed by atoms with Gasteiger partial charge in [-0.05, 0) is 42.9 Å². The maximum Gasteiger partial charge on any atom is 0.362 e. The second kappa shape index (κ2) is 4.58. The standard InChI is InChI=1S/C11H15O4P/c12-16(13,14)8-15-11-7-3-5-9-4-1-2-6-10(9)11/h3,5,7H,1-2,4,6,8H2,(H2,12,13,14). The average molecular weight is 242 g/mol. The maximum absolute atomic E-state index is 10.7. The van der Waals surface area contributed by atoms with Crippen molar-refractivity contribution in [2.24, 2.45) is 0 Å². The summed E-state index contributed by atoms with van der Waals surface area (Å²) in [7, 11) is -4.09. The molecule has 1 aromatic rings. The van der Waals surface area contributed by atoms with Crippen LogP contribution < -0.4 is 4.74 Å². The molecule has 0 aliphatic heterocycles. The molecule has 0 spiro atoms. The van der Waals surface area contributed by atoms with Crippen LogP contribution in [0.1, 0.15) is 24.0 Å². The maximum atomic E-state index is 10.7. The Hall–Kier alpha value is -0.830. The predicted octanol–water partition coefficient (Wildman–Crippen LogP) is 2.08. The molecule has 16 heavy (non-hydrogen) atoms. The fraction of sp³-hybridized carbons (Fsp3) is 0.455. The van der Waals surface area contributed by atoms with E-state index in [4.69, 9.17) is 14.5 Å². The lowest BCUT2D eigenvalue weighted by Crippen LogP contribution is -2.07. The Kier molecular flexibility index (Phi) is 3.33. The van der Waals surface area contributed by atoms with Crippen LogP contribution in [-0.4, -0.2) is 16.1 Å². The molecule has 0 unspecified atom stereocenters. The molecule has 0 saturated carbocycles. The van der Waals surface area contributed by atoms with Crippen molar-refractivity contribution in [2.75, 3.05) is 6.35 Å². The third-order valence-electron chi connectivity index (χ3n) is 2.74. The summed E-state index contributed by atoms with van der Waals surface area (Å²) in [6, 6.07) is 5.71. The Morgan fingerprint density at radius 2 is 2.00 bits per heavy atom. The van der Waals surface area contributed by atoms with Crippen LogP contribution in [-0.2, 0) is 17.4 Å². The molecule has 0 amide bonds. The average Bonchev–Trinajstić information content (AvgIpc) is 2.25. The molecule has 0 fully saturated rings. The van der Waals surface area contributed by atoms with Crippen LogP contribution in [0.15, 0.2) is 18.2 Å². The van der Waals surface area contributed by atoms with Crippen molar-refractivity contribution in [1.82, 2.24) is 0 Å². The molecule has 0 aromatic heterocycles. The second-order valence-electron chi connectivity index (χ2n) is 4.04. The number of fused-ring (bicyclic) bond motifs is 1. The van der Waals surface area contributed by atoms with Gasteiger partial charge in [0.15, 0.2) is 6.35 Å². The molecule has 2 N–H and O–H groups in total. The van der Waals surface area contributed by atoms with E-state index < -0.39 is 13.9 Å². The van der Waals surface area contributed by atoms with E-state index in [1.807, 2.05) is 6.07 Å². The minimum absolute atomic E-state index is 0.538. The van der Waals surface area contributed by atoms with E-state index in [0.29, 0.717) is 5.75 Å². The van der Waals surface area contributed by atoms with E-state index in [9.17, 15) is 4.57 Å². The van der Waals surface area contributed by atoms with Crippen LogP contribution in [0.3, 0.4) is 0 Å². The lowest BCUT2D eigenvalue weighted by Gasteiger charge is -2.19. The molecule has 1 aliphatic rings. The van der Waals surface area contributed by atoms with Crippen LogP contribution in [0.2, 0.25) is 0 Å². The Morgan fingerprint density at radius 1 is 1.25 bits per heavy atom. The highest BCUT2D eigenvalue weighted by Crippen LogP contribution is 2.36. The molecule has 5 heteroatoms. The molecule has 2 rings (SSSR count). The van der Waals surface area contributed by atoms with Crippen LogP contribution in [0.5, 0.6) is 5.75 Å². The van der Waals surface area contributed by atoms with Gasteiger partial charge in [0.2, 0.25) is 0 Å². The normalized spacial score (nSPS) is 15.6. The van der Waals surface area contributed by atoms with E-state index in [2.05, 4.69) is 6.07 Å². The van der Waals surface area contributed by atoms with Gasteiger partial charge in [-0.25, -0.2) is 0 Å². The topological polar surface area (TPSA) is 66.8 Å². The lowest BCUT2D eigenvalue weighted by molar-refractivity contribution is 0.298. The number of benzene rings is 1. The third-order valence-corrected chi connectivity index (χ3v) is 3.21. The Bertz CT molecular complexity index is 424. The highest BCUT2D eigenvalue weighted by Gasteiger charge is 2.18. The van der Waals surface area contributed by atoms with Gasteiger partial charge in [0, 0.05) is 0 Å². The summed E-state index contributed by atoms with van der Waals surface area (Å²) in [5.41, 5.74) is 2.36. The summed E-state index contributed by atoms with van der Waals surface area (Å²) in [4.78, 5) is 17.5. The largest absolute Gasteiger partial charge is 0.481 e. The number of aryl methyl sites for hydroxylation is 1. The zero-order valence-electron chi connectivity index (χ0n) is 8.93. The summed E-state index contributed by atoms with van der Waals surface area (Å²) < 4.78 is 15.9. The quantitative estimate of drug-likeness (QED) is 0.796. The molecule has 1 aromatic carbocycles. The summed E-state index contributed by atoms with van der Waals surface area (Å²) in [6.45, 7) is 0. The first-order valence-electron chi connectivity index (χ1n) is 5.34. The van der Waals surface area contributed by atoms with Gasteiger partial charge in [-0.2, -0.15) is 0 Å². The highest BCUT2D eigenvalue weighted by atomic mass is 31.2. The number of rotatable bonds is 3. The molecule has 0 atom stereocenters. The minimum atomic E-state index is -4.09. The van der Waals surface area contributed by atoms with Gasteiger partial charge in [0.05, 0.1) is 0 Å². The summed E-state index contributed by atoms with van der Waals surface area (Å²) in [5, 5.41) is 0. The van der Waals surface area contributed by atoms with Gasteiger partial charge in [-0.15, -0.1) is 0 Å². The smallest absolute Gasteiger partial charge is 0.362 e. The van der Waals surface area contributed by atoms with Gasteiger partial charge in [0.25, 0.3) is 0 Å². The van der Waals surface area contributed by atoms with Gasteiger partial charge in [-0.3, -0.25) is 4.57 Å². The van der Waals surface area contributed by atoms with Crippen molar-refractivity contribution < 1.29 is 19.1 Å². The SMILES string of the molecule is O=P(O)(O)COc1cccc2c1CCCC2. The zero-order valence-corrected chi connectivity index (χ0v) is 9.82. The van der Waals surface area contributed by atoms with Crippen molar-refractivity contribution >= 4 is 7.60 Å². The van der Waals surface area contributed by atoms with E-state index in [-0.39, 0.29) is 0 Å². The van der Waals surface area contributed by atoms with E-state index >= 15 is 0 Å². The molecule has 1 aliphatic carbocycles. The fourth-order valence-corrected chi connectivity index (χ4v) is 2.34. The predicted molar refractivity (Wildman–Crippen MR) is 60.6 cm³/mol. The Morgan fingerprint density at radius 3 is 2.75 bits per heavy atom. The minimum Gasteiger partial charge on any atom is -0.481 e. The molecule has 0 heterocycles. The van der Waals surface area contributed by atoms with Crippen molar-refractivity contribution in [3.63, 3.8) is 0 Å². The van der Waals surface area contributed by atoms with Gasteiger partial charge >= 0.3 is 7.60 Å². The van der Waals surface area contributed by atoms with Gasteiger partial charge < -0.3 is 14.5 Å². The summed E-state index contributed by atoms with van der Waals surface area (Å²) in [6.07, 6.45) is 3.72. The van der Waals surface area contributed by atoms with E-state index in [0.717, 1.165) is 24.8 Å². The first-order valence-corrected chi connectivity index (χ1v) is 7.14. The highest BCUT2D eigenvalue weighted by molar-refractivity contribution is 7.51. The van der Waals surface area contributed by atoms with Gasteiger partial charge in [0.1, 0.15) is 5.75 Å². The van der Waals surface area contributed by atoms with Crippen molar-refractivity contribution in [3.8, 4) is 5.75 Å².